The predicted octanol–water partition coefficient (Wildman–Crippen LogP) is 4.82. The van der Waals surface area contributed by atoms with Gasteiger partial charge in [-0.3, -0.25) is 19.7 Å². The fourth-order valence-electron chi connectivity index (χ4n) is 3.65. The second-order valence-corrected chi connectivity index (χ2v) is 8.45. The maximum atomic E-state index is 13.4. The van der Waals surface area contributed by atoms with Crippen LogP contribution in [0.2, 0.25) is 0 Å². The molecule has 0 atom stereocenters. The molecule has 0 N–H and O–H groups in total. The number of carbonyl (C=O) groups is 2. The third-order valence-corrected chi connectivity index (χ3v) is 5.65. The number of furan rings is 1. The molecule has 0 saturated carbocycles. The topological polar surface area (TPSA) is 106 Å². The van der Waals surface area contributed by atoms with Crippen LogP contribution in [0, 0.1) is 15.9 Å². The monoisotopic (exact) mass is 523 g/mol. The number of hydrogen-bond donors (Lipinski definition) is 0. The summed E-state index contributed by atoms with van der Waals surface area (Å²) in [6.45, 7) is 3.36. The summed E-state index contributed by atoms with van der Waals surface area (Å²) in [5.74, 6) is -0.483. The number of rotatable bonds is 14. The van der Waals surface area contributed by atoms with E-state index in [1.165, 1.54) is 41.5 Å². The highest BCUT2D eigenvalue weighted by Crippen LogP contribution is 2.15. The third kappa shape index (κ3) is 8.97. The van der Waals surface area contributed by atoms with E-state index in [4.69, 9.17) is 9.15 Å². The maximum absolute atomic E-state index is 13.4. The van der Waals surface area contributed by atoms with E-state index in [9.17, 15) is 24.1 Å². The van der Waals surface area contributed by atoms with Gasteiger partial charge in [-0.25, -0.2) is 4.39 Å². The molecule has 3 aromatic rings. The van der Waals surface area contributed by atoms with Gasteiger partial charge in [0, 0.05) is 44.5 Å². The molecule has 2 aromatic carbocycles. The average Bonchev–Trinajstić information content (AvgIpc) is 3.43. The average molecular weight is 524 g/mol. The minimum Gasteiger partial charge on any atom is -0.467 e. The summed E-state index contributed by atoms with van der Waals surface area (Å²) in [5.41, 5.74) is 1.30. The molecule has 0 aliphatic heterocycles. The molecule has 0 aliphatic carbocycles. The molecule has 0 saturated heterocycles. The van der Waals surface area contributed by atoms with Crippen molar-refractivity contribution in [3.05, 3.63) is 106 Å². The van der Waals surface area contributed by atoms with E-state index in [1.807, 2.05) is 6.92 Å². The minimum absolute atomic E-state index is 0.0468. The van der Waals surface area contributed by atoms with Crippen molar-refractivity contribution in [2.75, 3.05) is 26.3 Å². The number of nitro groups is 1. The van der Waals surface area contributed by atoms with Crippen LogP contribution in [-0.2, 0) is 27.4 Å². The lowest BCUT2D eigenvalue weighted by atomic mass is 10.2. The SMILES string of the molecule is CCOCCCN(CC(=O)N(Cc1ccc(F)cc1)Cc1ccco1)C(=O)C=Cc1ccc([N+](=O)[O-])cc1. The van der Waals surface area contributed by atoms with Crippen molar-refractivity contribution >= 4 is 23.6 Å². The molecule has 0 fully saturated rings. The van der Waals surface area contributed by atoms with Crippen LogP contribution in [0.4, 0.5) is 10.1 Å². The highest BCUT2D eigenvalue weighted by molar-refractivity contribution is 5.94. The maximum Gasteiger partial charge on any atom is 0.269 e. The number of non-ortho nitro benzene ring substituents is 1. The van der Waals surface area contributed by atoms with Crippen molar-refractivity contribution in [1.29, 1.82) is 0 Å². The Kier molecular flexibility index (Phi) is 10.7. The van der Waals surface area contributed by atoms with E-state index in [-0.39, 0.29) is 43.0 Å². The van der Waals surface area contributed by atoms with E-state index >= 15 is 0 Å². The lowest BCUT2D eigenvalue weighted by Crippen LogP contribution is -2.42. The van der Waals surface area contributed by atoms with Crippen LogP contribution in [-0.4, -0.2) is 52.8 Å². The van der Waals surface area contributed by atoms with Crippen LogP contribution in [0.15, 0.2) is 77.4 Å². The number of hydrogen-bond acceptors (Lipinski definition) is 6. The molecule has 38 heavy (non-hydrogen) atoms. The number of halogens is 1. The van der Waals surface area contributed by atoms with Gasteiger partial charge in [-0.05, 0) is 66.9 Å². The van der Waals surface area contributed by atoms with Gasteiger partial charge in [-0.15, -0.1) is 0 Å². The van der Waals surface area contributed by atoms with E-state index in [0.29, 0.717) is 37.5 Å². The second-order valence-electron chi connectivity index (χ2n) is 8.45. The molecular weight excluding hydrogens is 493 g/mol. The second kappa shape index (κ2) is 14.4. The predicted molar refractivity (Wildman–Crippen MR) is 139 cm³/mol. The normalized spacial score (nSPS) is 11.0. The molecule has 0 bridgehead atoms. The molecule has 2 amide bonds. The van der Waals surface area contributed by atoms with Gasteiger partial charge in [-0.2, -0.15) is 0 Å². The standard InChI is InChI=1S/C28H30FN3O6/c1-2-37-17-4-16-30(27(33)15-10-22-8-13-25(14-9-22)32(35)36)21-28(34)31(20-26-5-3-18-38-26)19-23-6-11-24(29)12-7-23/h3,5-15,18H,2,4,16-17,19-21H2,1H3. The smallest absolute Gasteiger partial charge is 0.269 e. The van der Waals surface area contributed by atoms with Crippen molar-refractivity contribution in [3.8, 4) is 0 Å². The Morgan fingerprint density at radius 1 is 1.05 bits per heavy atom. The van der Waals surface area contributed by atoms with Crippen LogP contribution in [0.1, 0.15) is 30.2 Å². The summed E-state index contributed by atoms with van der Waals surface area (Å²) in [6.07, 6.45) is 4.94. The molecule has 0 unspecified atom stereocenters. The molecular formula is C28H30FN3O6. The Morgan fingerprint density at radius 3 is 2.42 bits per heavy atom. The number of nitro benzene ring substituents is 1. The van der Waals surface area contributed by atoms with Gasteiger partial charge in [0.25, 0.3) is 5.69 Å². The first-order valence-corrected chi connectivity index (χ1v) is 12.2. The first-order chi connectivity index (χ1) is 18.4. The molecule has 0 radical (unpaired) electrons. The summed E-state index contributed by atoms with van der Waals surface area (Å²) in [6, 6.07) is 15.1. The first kappa shape index (κ1) is 28.3. The number of ether oxygens (including phenoxy) is 1. The van der Waals surface area contributed by atoms with Crippen molar-refractivity contribution in [2.45, 2.75) is 26.4 Å². The van der Waals surface area contributed by atoms with Gasteiger partial charge in [0.05, 0.1) is 17.7 Å². The Labute approximate surface area is 220 Å². The Bertz CT molecular complexity index is 1210. The zero-order valence-corrected chi connectivity index (χ0v) is 21.1. The molecule has 0 spiro atoms. The molecule has 200 valence electrons. The van der Waals surface area contributed by atoms with Crippen LogP contribution in [0.5, 0.6) is 0 Å². The Morgan fingerprint density at radius 2 is 1.79 bits per heavy atom. The number of carbonyl (C=O) groups excluding carboxylic acids is 2. The lowest BCUT2D eigenvalue weighted by molar-refractivity contribution is -0.384. The van der Waals surface area contributed by atoms with Crippen molar-refractivity contribution in [2.24, 2.45) is 0 Å². The van der Waals surface area contributed by atoms with Gasteiger partial charge in [0.1, 0.15) is 18.1 Å². The summed E-state index contributed by atoms with van der Waals surface area (Å²) >= 11 is 0. The minimum atomic E-state index is -0.495. The third-order valence-electron chi connectivity index (χ3n) is 5.65. The highest BCUT2D eigenvalue weighted by Gasteiger charge is 2.21. The van der Waals surface area contributed by atoms with E-state index in [1.54, 1.807) is 47.4 Å². The first-order valence-electron chi connectivity index (χ1n) is 12.2. The largest absolute Gasteiger partial charge is 0.467 e. The molecule has 10 heteroatoms. The summed E-state index contributed by atoms with van der Waals surface area (Å²) in [4.78, 5) is 39.9. The van der Waals surface area contributed by atoms with Crippen LogP contribution in [0.25, 0.3) is 6.08 Å². The van der Waals surface area contributed by atoms with E-state index < -0.39 is 4.92 Å². The van der Waals surface area contributed by atoms with E-state index in [2.05, 4.69) is 0 Å². The van der Waals surface area contributed by atoms with Crippen molar-refractivity contribution in [1.82, 2.24) is 9.80 Å². The number of benzene rings is 2. The van der Waals surface area contributed by atoms with Gasteiger partial charge >= 0.3 is 0 Å². The van der Waals surface area contributed by atoms with Gasteiger partial charge in [0.2, 0.25) is 11.8 Å². The van der Waals surface area contributed by atoms with E-state index in [0.717, 1.165) is 5.56 Å². The number of nitrogens with zero attached hydrogens (tertiary/aromatic N) is 3. The van der Waals surface area contributed by atoms with Gasteiger partial charge < -0.3 is 19.0 Å². The van der Waals surface area contributed by atoms with Gasteiger partial charge in [-0.1, -0.05) is 12.1 Å². The van der Waals surface area contributed by atoms with Crippen LogP contribution in [0.3, 0.4) is 0 Å². The fraction of sp³-hybridized carbons (Fsp3) is 0.286. The summed E-state index contributed by atoms with van der Waals surface area (Å²) in [5, 5.41) is 10.9. The fourth-order valence-corrected chi connectivity index (χ4v) is 3.65. The number of amides is 2. The molecule has 9 nitrogen and oxygen atoms in total. The zero-order chi connectivity index (χ0) is 27.3. The van der Waals surface area contributed by atoms with Crippen LogP contribution >= 0.6 is 0 Å². The summed E-state index contributed by atoms with van der Waals surface area (Å²) < 4.78 is 24.2. The molecule has 3 rings (SSSR count). The lowest BCUT2D eigenvalue weighted by Gasteiger charge is -2.27. The highest BCUT2D eigenvalue weighted by atomic mass is 19.1. The zero-order valence-electron chi connectivity index (χ0n) is 21.1. The Hall–Kier alpha value is -4.31. The van der Waals surface area contributed by atoms with Crippen molar-refractivity contribution < 1.29 is 28.1 Å². The van der Waals surface area contributed by atoms with Crippen molar-refractivity contribution in [3.63, 3.8) is 0 Å². The molecule has 1 aromatic heterocycles. The summed E-state index contributed by atoms with van der Waals surface area (Å²) in [7, 11) is 0. The quantitative estimate of drug-likeness (QED) is 0.130. The Balaban J connectivity index is 1.74. The molecule has 0 aliphatic rings. The van der Waals surface area contributed by atoms with Gasteiger partial charge in [0.15, 0.2) is 0 Å². The van der Waals surface area contributed by atoms with Crippen LogP contribution < -0.4 is 0 Å². The molecule has 1 heterocycles.